The molecule has 9 rings (SSSR count). The van der Waals surface area contributed by atoms with Crippen LogP contribution in [0.4, 0.5) is 11.4 Å². The van der Waals surface area contributed by atoms with E-state index in [1.807, 2.05) is 18.2 Å². The molecular formula is C37H20N2O7S. The van der Waals surface area contributed by atoms with E-state index >= 15 is 0 Å². The molecule has 1 N–H and O–H groups in total. The van der Waals surface area contributed by atoms with Gasteiger partial charge in [-0.1, -0.05) is 42.5 Å². The number of hydrogen-bond acceptors (Lipinski definition) is 6. The van der Waals surface area contributed by atoms with Crippen LogP contribution in [0.25, 0.3) is 43.1 Å². The maximum Gasteiger partial charge on any atom is 0.294 e. The van der Waals surface area contributed by atoms with Crippen molar-refractivity contribution in [1.29, 1.82) is 0 Å². The quantitative estimate of drug-likeness (QED) is 0.0967. The summed E-state index contributed by atoms with van der Waals surface area (Å²) in [5.41, 5.74) is 2.26. The number of para-hydroxylation sites is 1. The predicted molar refractivity (Wildman–Crippen MR) is 177 cm³/mol. The monoisotopic (exact) mass is 636 g/mol. The first-order valence-corrected chi connectivity index (χ1v) is 16.1. The number of benzene rings is 7. The second-order valence-electron chi connectivity index (χ2n) is 11.8. The van der Waals surface area contributed by atoms with Crippen molar-refractivity contribution in [3.8, 4) is 0 Å². The Balaban J connectivity index is 1.29. The Kier molecular flexibility index (Phi) is 5.27. The molecule has 10 heteroatoms. The molecule has 0 aromatic heterocycles. The number of rotatable bonds is 3. The zero-order chi connectivity index (χ0) is 32.5. The molecule has 4 amide bonds. The van der Waals surface area contributed by atoms with Gasteiger partial charge in [-0.25, -0.2) is 9.80 Å². The highest BCUT2D eigenvalue weighted by atomic mass is 32.2. The molecule has 226 valence electrons. The minimum atomic E-state index is -4.60. The fraction of sp³-hybridized carbons (Fsp3) is 0.0270. The molecule has 0 radical (unpaired) electrons. The number of aryl methyl sites for hydroxylation is 1. The summed E-state index contributed by atoms with van der Waals surface area (Å²) in [4.78, 5) is 57.4. The van der Waals surface area contributed by atoms with Gasteiger partial charge in [-0.05, 0) is 99.4 Å². The van der Waals surface area contributed by atoms with Crippen LogP contribution in [0, 0.1) is 6.92 Å². The molecule has 2 heterocycles. The molecular weight excluding hydrogens is 616 g/mol. The van der Waals surface area contributed by atoms with Crippen LogP contribution in [0.2, 0.25) is 0 Å². The van der Waals surface area contributed by atoms with Crippen LogP contribution >= 0.6 is 0 Å². The Hall–Kier alpha value is -5.97. The fourth-order valence-corrected chi connectivity index (χ4v) is 7.92. The smallest absolute Gasteiger partial charge is 0.282 e. The Labute approximate surface area is 266 Å². The van der Waals surface area contributed by atoms with E-state index < -0.39 is 38.6 Å². The topological polar surface area (TPSA) is 129 Å². The summed E-state index contributed by atoms with van der Waals surface area (Å²) in [5, 5.41) is 5.51. The predicted octanol–water partition coefficient (Wildman–Crippen LogP) is 6.89. The molecule has 7 aromatic rings. The minimum Gasteiger partial charge on any atom is -0.282 e. The van der Waals surface area contributed by atoms with E-state index in [-0.39, 0.29) is 16.8 Å². The number of carbonyl (C=O) groups is 4. The van der Waals surface area contributed by atoms with Gasteiger partial charge in [0.05, 0.1) is 16.3 Å². The fourth-order valence-electron chi connectivity index (χ4n) is 7.32. The third-order valence-electron chi connectivity index (χ3n) is 9.24. The second-order valence-corrected chi connectivity index (χ2v) is 13.3. The summed E-state index contributed by atoms with van der Waals surface area (Å²) in [5.74, 6) is -2.10. The van der Waals surface area contributed by atoms with E-state index in [0.29, 0.717) is 38.5 Å². The van der Waals surface area contributed by atoms with Gasteiger partial charge in [-0.3, -0.25) is 23.7 Å². The van der Waals surface area contributed by atoms with Crippen LogP contribution in [0.15, 0.2) is 102 Å². The first kappa shape index (κ1) is 27.3. The van der Waals surface area contributed by atoms with Crippen LogP contribution in [0.1, 0.15) is 47.0 Å². The maximum atomic E-state index is 14.0. The van der Waals surface area contributed by atoms with Gasteiger partial charge in [-0.15, -0.1) is 0 Å². The number of amides is 4. The van der Waals surface area contributed by atoms with Gasteiger partial charge in [-0.2, -0.15) is 8.42 Å². The van der Waals surface area contributed by atoms with Gasteiger partial charge in [0.1, 0.15) is 0 Å². The molecule has 0 saturated heterocycles. The van der Waals surface area contributed by atoms with Crippen molar-refractivity contribution in [3.05, 3.63) is 125 Å². The summed E-state index contributed by atoms with van der Waals surface area (Å²) in [6.45, 7) is 1.60. The number of nitrogens with zero attached hydrogens (tertiary/aromatic N) is 2. The largest absolute Gasteiger partial charge is 0.294 e. The summed E-state index contributed by atoms with van der Waals surface area (Å²) in [6.07, 6.45) is 0. The van der Waals surface area contributed by atoms with Gasteiger partial charge in [0.15, 0.2) is 0 Å². The molecule has 0 atom stereocenters. The number of carbonyl (C=O) groups excluding carboxylic acids is 4. The molecule has 0 unspecified atom stereocenters. The average Bonchev–Trinajstić information content (AvgIpc) is 3.05. The molecule has 0 bridgehead atoms. The average molecular weight is 637 g/mol. The molecule has 7 aromatic carbocycles. The lowest BCUT2D eigenvalue weighted by Gasteiger charge is -2.30. The van der Waals surface area contributed by atoms with Gasteiger partial charge in [0.2, 0.25) is 0 Å². The molecule has 2 aliphatic rings. The molecule has 0 fully saturated rings. The molecule has 0 aliphatic carbocycles. The Bertz CT molecular complexity index is 2630. The Morgan fingerprint density at radius 1 is 0.489 bits per heavy atom. The van der Waals surface area contributed by atoms with Crippen LogP contribution in [0.3, 0.4) is 0 Å². The van der Waals surface area contributed by atoms with Crippen molar-refractivity contribution in [2.45, 2.75) is 11.8 Å². The molecule has 0 saturated carbocycles. The van der Waals surface area contributed by atoms with Crippen LogP contribution in [0.5, 0.6) is 0 Å². The third kappa shape index (κ3) is 3.53. The lowest BCUT2D eigenvalue weighted by molar-refractivity contribution is 0.0877. The number of fused-ring (bicyclic) bond motifs is 2. The van der Waals surface area contributed by atoms with E-state index in [1.165, 1.54) is 17.0 Å². The highest BCUT2D eigenvalue weighted by Gasteiger charge is 2.38. The van der Waals surface area contributed by atoms with Gasteiger partial charge in [0, 0.05) is 33.0 Å². The van der Waals surface area contributed by atoms with Crippen LogP contribution < -0.4 is 9.80 Å². The third-order valence-corrected chi connectivity index (χ3v) is 10.1. The van der Waals surface area contributed by atoms with Crippen molar-refractivity contribution in [2.24, 2.45) is 0 Å². The van der Waals surface area contributed by atoms with Crippen molar-refractivity contribution in [2.75, 3.05) is 9.80 Å². The van der Waals surface area contributed by atoms with E-state index in [1.54, 1.807) is 67.6 Å². The van der Waals surface area contributed by atoms with Crippen molar-refractivity contribution < 1.29 is 32.1 Å². The van der Waals surface area contributed by atoms with E-state index in [0.717, 1.165) is 37.9 Å². The van der Waals surface area contributed by atoms with E-state index in [4.69, 9.17) is 0 Å². The summed E-state index contributed by atoms with van der Waals surface area (Å²) >= 11 is 0. The van der Waals surface area contributed by atoms with Gasteiger partial charge < -0.3 is 0 Å². The first-order chi connectivity index (χ1) is 22.5. The molecule has 2 aliphatic heterocycles. The zero-order valence-electron chi connectivity index (χ0n) is 24.4. The zero-order valence-corrected chi connectivity index (χ0v) is 25.3. The van der Waals surface area contributed by atoms with Crippen LogP contribution in [-0.4, -0.2) is 36.6 Å². The number of imide groups is 2. The van der Waals surface area contributed by atoms with Gasteiger partial charge in [0.25, 0.3) is 33.7 Å². The maximum absolute atomic E-state index is 14.0. The number of hydrogen-bond donors (Lipinski definition) is 1. The van der Waals surface area contributed by atoms with Crippen LogP contribution in [-0.2, 0) is 10.1 Å². The molecule has 47 heavy (non-hydrogen) atoms. The minimum absolute atomic E-state index is 0.0233. The van der Waals surface area contributed by atoms with Gasteiger partial charge >= 0.3 is 0 Å². The lowest BCUT2D eigenvalue weighted by Crippen LogP contribution is -2.40. The highest BCUT2D eigenvalue weighted by molar-refractivity contribution is 7.85. The molecule has 0 spiro atoms. The van der Waals surface area contributed by atoms with E-state index in [9.17, 15) is 32.1 Å². The lowest BCUT2D eigenvalue weighted by atomic mass is 9.82. The standard InChI is InChI=1S/C37H20N2O7S/c1-18-15-20(17-21(16-18)47(44,45)46)39-36(42)28-13-9-24-22-7-11-26-32-27(35(41)38(34(26)40)19-5-3-2-4-6-19)12-8-23(30(22)32)25-10-14-29(37(39)43)33(28)31(24)25/h2-17H,1H3,(H,44,45,46). The van der Waals surface area contributed by atoms with E-state index in [2.05, 4.69) is 0 Å². The van der Waals surface area contributed by atoms with Crippen molar-refractivity contribution in [3.63, 3.8) is 0 Å². The molecule has 9 nitrogen and oxygen atoms in total. The summed E-state index contributed by atoms with van der Waals surface area (Å²) in [6, 6.07) is 26.7. The highest BCUT2D eigenvalue weighted by Crippen LogP contribution is 2.47. The summed E-state index contributed by atoms with van der Waals surface area (Å²) < 4.78 is 33.6. The van der Waals surface area contributed by atoms with Crippen molar-refractivity contribution in [1.82, 2.24) is 0 Å². The Morgan fingerprint density at radius 2 is 0.894 bits per heavy atom. The first-order valence-electron chi connectivity index (χ1n) is 14.7. The summed E-state index contributed by atoms with van der Waals surface area (Å²) in [7, 11) is -4.60. The Morgan fingerprint density at radius 3 is 1.30 bits per heavy atom. The second kappa shape index (κ2) is 9.06. The SMILES string of the molecule is Cc1cc(N2C(=O)c3ccc4c5ccc6c7c(ccc(c8ccc(c3c48)C2=O)c75)C(=O)N(c2ccccc2)C6=O)cc(S(=O)(=O)O)c1. The van der Waals surface area contributed by atoms with Crippen molar-refractivity contribution >= 4 is 88.2 Å². The normalized spacial score (nSPS) is 14.9. The number of anilines is 2.